The van der Waals surface area contributed by atoms with E-state index in [0.717, 1.165) is 11.6 Å². The number of halogens is 2. The standard InChI is InChI=1S/C11H7ClFN5.C5H12/c12-5-1-6-7(3-16-10(6)15-2-5)11-17-4-8(13)9(14)18-11;1-3-5-4-2/h1-4H,(H,15,16)(H2,14,17,18);3-5H2,1-2H3. The molecule has 3 rings (SSSR count). The zero-order valence-corrected chi connectivity index (χ0v) is 13.9. The lowest BCUT2D eigenvalue weighted by atomic mass is 10.2. The van der Waals surface area contributed by atoms with E-state index in [9.17, 15) is 4.39 Å². The Morgan fingerprint density at radius 2 is 1.96 bits per heavy atom. The predicted molar refractivity (Wildman–Crippen MR) is 91.7 cm³/mol. The van der Waals surface area contributed by atoms with Gasteiger partial charge in [-0.2, -0.15) is 0 Å². The fourth-order valence-electron chi connectivity index (χ4n) is 2.03. The highest BCUT2D eigenvalue weighted by atomic mass is 35.5. The predicted octanol–water partition coefficient (Wildman–Crippen LogP) is 4.59. The van der Waals surface area contributed by atoms with Crippen molar-refractivity contribution in [3.8, 4) is 11.4 Å². The normalized spacial score (nSPS) is 10.4. The van der Waals surface area contributed by atoms with Crippen LogP contribution in [-0.4, -0.2) is 19.9 Å². The molecule has 3 aromatic rings. The summed E-state index contributed by atoms with van der Waals surface area (Å²) >= 11 is 5.89. The molecule has 0 bridgehead atoms. The minimum atomic E-state index is -0.644. The number of hydrogen-bond donors (Lipinski definition) is 2. The van der Waals surface area contributed by atoms with Gasteiger partial charge in [-0.25, -0.2) is 19.3 Å². The van der Waals surface area contributed by atoms with Gasteiger partial charge in [-0.05, 0) is 6.07 Å². The van der Waals surface area contributed by atoms with Crippen molar-refractivity contribution in [2.75, 3.05) is 5.73 Å². The molecule has 0 saturated heterocycles. The van der Waals surface area contributed by atoms with E-state index in [4.69, 9.17) is 17.3 Å². The number of nitrogens with two attached hydrogens (primary N) is 1. The highest BCUT2D eigenvalue weighted by molar-refractivity contribution is 6.31. The van der Waals surface area contributed by atoms with Crippen LogP contribution < -0.4 is 5.73 Å². The van der Waals surface area contributed by atoms with Gasteiger partial charge in [0, 0.05) is 23.3 Å². The zero-order valence-electron chi connectivity index (χ0n) is 13.1. The van der Waals surface area contributed by atoms with E-state index in [-0.39, 0.29) is 5.82 Å². The Balaban J connectivity index is 0.000000338. The number of pyridine rings is 1. The number of rotatable bonds is 3. The maximum absolute atomic E-state index is 13.0. The second-order valence-electron chi connectivity index (χ2n) is 5.03. The van der Waals surface area contributed by atoms with Crippen LogP contribution in [0.3, 0.4) is 0 Å². The number of fused-ring (bicyclic) bond motifs is 1. The second kappa shape index (κ2) is 7.87. The number of anilines is 1. The number of nitrogens with one attached hydrogen (secondary N) is 1. The van der Waals surface area contributed by atoms with Crippen molar-refractivity contribution in [1.29, 1.82) is 0 Å². The molecule has 7 heteroatoms. The average Bonchev–Trinajstić information content (AvgIpc) is 2.94. The molecule has 0 radical (unpaired) electrons. The molecule has 3 heterocycles. The molecular weight excluding hydrogens is 317 g/mol. The topological polar surface area (TPSA) is 80.5 Å². The van der Waals surface area contributed by atoms with Crippen molar-refractivity contribution in [1.82, 2.24) is 19.9 Å². The van der Waals surface area contributed by atoms with Gasteiger partial charge in [0.05, 0.1) is 11.2 Å². The molecule has 3 aromatic heterocycles. The second-order valence-corrected chi connectivity index (χ2v) is 5.47. The van der Waals surface area contributed by atoms with Crippen molar-refractivity contribution in [3.63, 3.8) is 0 Å². The number of unbranched alkanes of at least 4 members (excludes halogenated alkanes) is 2. The van der Waals surface area contributed by atoms with Gasteiger partial charge >= 0.3 is 0 Å². The minimum absolute atomic E-state index is 0.190. The number of aromatic amines is 1. The van der Waals surface area contributed by atoms with Crippen molar-refractivity contribution in [3.05, 3.63) is 35.5 Å². The van der Waals surface area contributed by atoms with Crippen LogP contribution in [0, 0.1) is 5.82 Å². The summed E-state index contributed by atoms with van der Waals surface area (Å²) in [6.07, 6.45) is 8.33. The zero-order chi connectivity index (χ0) is 16.8. The Morgan fingerprint density at radius 3 is 2.57 bits per heavy atom. The van der Waals surface area contributed by atoms with Crippen LogP contribution in [-0.2, 0) is 0 Å². The SMILES string of the molecule is CCCCC.Nc1nc(-c2c[nH]c3ncc(Cl)cc23)ncc1F. The van der Waals surface area contributed by atoms with E-state index < -0.39 is 5.82 Å². The molecule has 5 nitrogen and oxygen atoms in total. The molecule has 122 valence electrons. The number of nitrogen functional groups attached to an aromatic ring is 1. The third-order valence-electron chi connectivity index (χ3n) is 3.22. The summed E-state index contributed by atoms with van der Waals surface area (Å²) in [4.78, 5) is 14.9. The van der Waals surface area contributed by atoms with Gasteiger partial charge in [-0.1, -0.05) is 44.7 Å². The van der Waals surface area contributed by atoms with E-state index in [2.05, 4.69) is 33.8 Å². The van der Waals surface area contributed by atoms with E-state index in [1.54, 1.807) is 12.3 Å². The third kappa shape index (κ3) is 4.16. The van der Waals surface area contributed by atoms with Gasteiger partial charge in [0.1, 0.15) is 5.65 Å². The Labute approximate surface area is 139 Å². The van der Waals surface area contributed by atoms with E-state index in [1.165, 1.54) is 25.5 Å². The first-order valence-electron chi connectivity index (χ1n) is 7.47. The van der Waals surface area contributed by atoms with Gasteiger partial charge in [0.25, 0.3) is 0 Å². The van der Waals surface area contributed by atoms with E-state index in [0.29, 0.717) is 22.1 Å². The monoisotopic (exact) mass is 335 g/mol. The maximum Gasteiger partial charge on any atom is 0.183 e. The summed E-state index contributed by atoms with van der Waals surface area (Å²) in [6.45, 7) is 4.42. The summed E-state index contributed by atoms with van der Waals surface area (Å²) in [7, 11) is 0. The molecule has 0 aliphatic rings. The maximum atomic E-state index is 13.0. The number of nitrogens with zero attached hydrogens (tertiary/aromatic N) is 3. The van der Waals surface area contributed by atoms with Crippen molar-refractivity contribution in [2.45, 2.75) is 33.1 Å². The van der Waals surface area contributed by atoms with Crippen LogP contribution >= 0.6 is 11.6 Å². The van der Waals surface area contributed by atoms with E-state index in [1.807, 2.05) is 0 Å². The van der Waals surface area contributed by atoms with Gasteiger partial charge in [0.15, 0.2) is 17.5 Å². The van der Waals surface area contributed by atoms with Gasteiger partial charge in [-0.15, -0.1) is 0 Å². The van der Waals surface area contributed by atoms with Gasteiger partial charge in [0.2, 0.25) is 0 Å². The highest BCUT2D eigenvalue weighted by Gasteiger charge is 2.11. The van der Waals surface area contributed by atoms with Crippen molar-refractivity contribution < 1.29 is 4.39 Å². The lowest BCUT2D eigenvalue weighted by Gasteiger charge is -2.00. The number of hydrogen-bond acceptors (Lipinski definition) is 4. The molecule has 0 amide bonds. The largest absolute Gasteiger partial charge is 0.381 e. The smallest absolute Gasteiger partial charge is 0.183 e. The van der Waals surface area contributed by atoms with Crippen LogP contribution in [0.15, 0.2) is 24.7 Å². The molecule has 0 aliphatic heterocycles. The Bertz CT molecular complexity index is 785. The summed E-state index contributed by atoms with van der Waals surface area (Å²) in [5.41, 5.74) is 6.75. The Hall–Kier alpha value is -2.21. The highest BCUT2D eigenvalue weighted by Crippen LogP contribution is 2.27. The molecule has 0 atom stereocenters. The molecule has 0 unspecified atom stereocenters. The number of H-pyrrole nitrogens is 1. The molecule has 0 fully saturated rings. The van der Waals surface area contributed by atoms with Gasteiger partial charge in [-0.3, -0.25) is 0 Å². The molecule has 0 aliphatic carbocycles. The molecule has 3 N–H and O–H groups in total. The molecular formula is C16H19ClFN5. The summed E-state index contributed by atoms with van der Waals surface area (Å²) in [6, 6.07) is 1.73. The van der Waals surface area contributed by atoms with Crippen molar-refractivity contribution in [2.24, 2.45) is 0 Å². The van der Waals surface area contributed by atoms with E-state index >= 15 is 0 Å². The summed E-state index contributed by atoms with van der Waals surface area (Å²) < 4.78 is 13.0. The quantitative estimate of drug-likeness (QED) is 0.733. The lowest BCUT2D eigenvalue weighted by Crippen LogP contribution is -1.98. The van der Waals surface area contributed by atoms with Crippen LogP contribution in [0.4, 0.5) is 10.2 Å². The minimum Gasteiger partial charge on any atom is -0.381 e. The van der Waals surface area contributed by atoms with Crippen LogP contribution in [0.1, 0.15) is 33.1 Å². The lowest BCUT2D eigenvalue weighted by molar-refractivity contribution is 0.620. The van der Waals surface area contributed by atoms with Crippen LogP contribution in [0.5, 0.6) is 0 Å². The molecule has 0 saturated carbocycles. The Kier molecular flexibility index (Phi) is 5.87. The van der Waals surface area contributed by atoms with Crippen LogP contribution in [0.25, 0.3) is 22.4 Å². The number of aromatic nitrogens is 4. The fourth-order valence-corrected chi connectivity index (χ4v) is 2.18. The van der Waals surface area contributed by atoms with Gasteiger partial charge < -0.3 is 10.7 Å². The first-order valence-corrected chi connectivity index (χ1v) is 7.85. The van der Waals surface area contributed by atoms with Crippen LogP contribution in [0.2, 0.25) is 5.02 Å². The first kappa shape index (κ1) is 17.1. The average molecular weight is 336 g/mol. The summed E-state index contributed by atoms with van der Waals surface area (Å²) in [5.74, 6) is -0.511. The third-order valence-corrected chi connectivity index (χ3v) is 3.42. The molecule has 23 heavy (non-hydrogen) atoms. The molecule has 0 spiro atoms. The van der Waals surface area contributed by atoms with Crippen molar-refractivity contribution >= 4 is 28.5 Å². The fraction of sp³-hybridized carbons (Fsp3) is 0.312. The Morgan fingerprint density at radius 1 is 1.22 bits per heavy atom. The summed E-state index contributed by atoms with van der Waals surface area (Å²) in [5, 5.41) is 1.26. The first-order chi connectivity index (χ1) is 11.1. The molecule has 0 aromatic carbocycles.